The van der Waals surface area contributed by atoms with Crippen LogP contribution in [-0.2, 0) is 0 Å². The van der Waals surface area contributed by atoms with Crippen LogP contribution >= 0.6 is 0 Å². The summed E-state index contributed by atoms with van der Waals surface area (Å²) in [6.07, 6.45) is 0. The minimum absolute atomic E-state index is 0.576. The summed E-state index contributed by atoms with van der Waals surface area (Å²) in [4.78, 5) is 3.12. The van der Waals surface area contributed by atoms with Gasteiger partial charge < -0.3 is 4.98 Å². The Hall–Kier alpha value is -1.48. The van der Waals surface area contributed by atoms with Gasteiger partial charge in [0.1, 0.15) is 5.82 Å². The molecule has 2 N–H and O–H groups in total. The van der Waals surface area contributed by atoms with Crippen LogP contribution in [-0.4, -0.2) is 16.7 Å². The Morgan fingerprint density at radius 1 is 1.38 bits per heavy atom. The second kappa shape index (κ2) is 3.11. The van der Waals surface area contributed by atoms with Gasteiger partial charge in [0.2, 0.25) is 0 Å². The van der Waals surface area contributed by atoms with Gasteiger partial charge >= 0.3 is 0 Å². The summed E-state index contributed by atoms with van der Waals surface area (Å²) in [5, 5.41) is 11.7. The molecule has 1 aromatic carbocycles. The first-order valence-corrected chi connectivity index (χ1v) is 4.35. The van der Waals surface area contributed by atoms with Crippen molar-refractivity contribution in [2.24, 2.45) is 0 Å². The molecule has 0 amide bonds. The molecule has 1 aromatic heterocycles. The Balaban J connectivity index is 2.49. The van der Waals surface area contributed by atoms with Gasteiger partial charge in [-0.1, -0.05) is 18.2 Å². The lowest BCUT2D eigenvalue weighted by Crippen LogP contribution is -2.16. The van der Waals surface area contributed by atoms with E-state index in [1.54, 1.807) is 0 Å². The van der Waals surface area contributed by atoms with Gasteiger partial charge in [0.05, 0.1) is 0 Å². The third-order valence-electron chi connectivity index (χ3n) is 2.09. The van der Waals surface area contributed by atoms with Crippen molar-refractivity contribution in [3.8, 4) is 0 Å². The highest BCUT2D eigenvalue weighted by Gasteiger charge is 2.03. The van der Waals surface area contributed by atoms with Crippen LogP contribution < -0.4 is 5.06 Å². The van der Waals surface area contributed by atoms with Gasteiger partial charge in [0.15, 0.2) is 0 Å². The SMILES string of the molecule is CCN(O)c1cc2ccccc2[nH]1. The van der Waals surface area contributed by atoms with Crippen LogP contribution in [0.25, 0.3) is 10.9 Å². The predicted molar refractivity (Wildman–Crippen MR) is 53.1 cm³/mol. The molecule has 0 fully saturated rings. The van der Waals surface area contributed by atoms with Gasteiger partial charge in [-0.15, -0.1) is 0 Å². The highest BCUT2D eigenvalue weighted by atomic mass is 16.5. The van der Waals surface area contributed by atoms with E-state index in [0.29, 0.717) is 6.54 Å². The molecule has 0 aliphatic heterocycles. The number of H-pyrrole nitrogens is 1. The van der Waals surface area contributed by atoms with Crippen molar-refractivity contribution >= 4 is 16.7 Å². The Labute approximate surface area is 76.6 Å². The van der Waals surface area contributed by atoms with Crippen molar-refractivity contribution in [2.75, 3.05) is 11.6 Å². The molecular weight excluding hydrogens is 164 g/mol. The topological polar surface area (TPSA) is 39.3 Å². The number of benzene rings is 1. The number of fused-ring (bicyclic) bond motifs is 1. The second-order valence-corrected chi connectivity index (χ2v) is 2.96. The van der Waals surface area contributed by atoms with Crippen molar-refractivity contribution in [2.45, 2.75) is 6.92 Å². The quantitative estimate of drug-likeness (QED) is 0.689. The lowest BCUT2D eigenvalue weighted by Gasteiger charge is -2.10. The van der Waals surface area contributed by atoms with Crippen molar-refractivity contribution in [3.05, 3.63) is 30.3 Å². The molecule has 0 spiro atoms. The molecule has 13 heavy (non-hydrogen) atoms. The maximum Gasteiger partial charge on any atom is 0.131 e. The molecule has 0 unspecified atom stereocenters. The molecule has 68 valence electrons. The van der Waals surface area contributed by atoms with Crippen molar-refractivity contribution in [3.63, 3.8) is 0 Å². The van der Waals surface area contributed by atoms with Crippen LogP contribution in [0.3, 0.4) is 0 Å². The Bertz CT molecular complexity index is 375. The third-order valence-corrected chi connectivity index (χ3v) is 2.09. The number of aromatic amines is 1. The van der Waals surface area contributed by atoms with Gasteiger partial charge in [-0.05, 0) is 19.1 Å². The zero-order chi connectivity index (χ0) is 9.26. The number of nitrogens with zero attached hydrogens (tertiary/aromatic N) is 1. The van der Waals surface area contributed by atoms with Crippen LogP contribution in [0.1, 0.15) is 6.92 Å². The fourth-order valence-corrected chi connectivity index (χ4v) is 1.37. The first-order chi connectivity index (χ1) is 6.31. The summed E-state index contributed by atoms with van der Waals surface area (Å²) in [6, 6.07) is 9.88. The number of rotatable bonds is 2. The first-order valence-electron chi connectivity index (χ1n) is 4.35. The third kappa shape index (κ3) is 1.38. The van der Waals surface area contributed by atoms with Crippen LogP contribution in [0.5, 0.6) is 0 Å². The number of anilines is 1. The van der Waals surface area contributed by atoms with Gasteiger partial charge in [-0.25, -0.2) is 5.06 Å². The summed E-state index contributed by atoms with van der Waals surface area (Å²) in [6.45, 7) is 2.47. The number of aromatic nitrogens is 1. The molecule has 0 aliphatic rings. The summed E-state index contributed by atoms with van der Waals surface area (Å²) in [7, 11) is 0. The predicted octanol–water partition coefficient (Wildman–Crippen LogP) is 2.38. The largest absolute Gasteiger partial charge is 0.340 e. The average Bonchev–Trinajstić information content (AvgIpc) is 2.59. The van der Waals surface area contributed by atoms with Crippen molar-refractivity contribution in [1.82, 2.24) is 4.98 Å². The zero-order valence-corrected chi connectivity index (χ0v) is 7.49. The molecule has 0 bridgehead atoms. The number of hydroxylamine groups is 1. The van der Waals surface area contributed by atoms with Crippen LogP contribution in [0.15, 0.2) is 30.3 Å². The van der Waals surface area contributed by atoms with Gasteiger partial charge in [-0.2, -0.15) is 0 Å². The second-order valence-electron chi connectivity index (χ2n) is 2.96. The molecule has 0 saturated heterocycles. The van der Waals surface area contributed by atoms with E-state index < -0.39 is 0 Å². The number of hydrogen-bond donors (Lipinski definition) is 2. The molecular formula is C10H12N2O. The van der Waals surface area contributed by atoms with E-state index in [1.807, 2.05) is 37.3 Å². The molecule has 2 rings (SSSR count). The molecule has 0 atom stereocenters. The minimum Gasteiger partial charge on any atom is -0.340 e. The Kier molecular flexibility index (Phi) is 1.94. The fraction of sp³-hybridized carbons (Fsp3) is 0.200. The maximum atomic E-state index is 9.43. The molecule has 1 heterocycles. The van der Waals surface area contributed by atoms with E-state index >= 15 is 0 Å². The van der Waals surface area contributed by atoms with Gasteiger partial charge in [-0.3, -0.25) is 5.21 Å². The maximum absolute atomic E-state index is 9.43. The van der Waals surface area contributed by atoms with E-state index in [-0.39, 0.29) is 0 Å². The lowest BCUT2D eigenvalue weighted by molar-refractivity contribution is 0.257. The average molecular weight is 176 g/mol. The summed E-state index contributed by atoms with van der Waals surface area (Å²) >= 11 is 0. The van der Waals surface area contributed by atoms with Gasteiger partial charge in [0.25, 0.3) is 0 Å². The summed E-state index contributed by atoms with van der Waals surface area (Å²) in [5.74, 6) is 0.740. The summed E-state index contributed by atoms with van der Waals surface area (Å²) < 4.78 is 0. The normalized spacial score (nSPS) is 10.6. The monoisotopic (exact) mass is 176 g/mol. The highest BCUT2D eigenvalue weighted by molar-refractivity contribution is 5.83. The molecule has 0 radical (unpaired) electrons. The van der Waals surface area contributed by atoms with E-state index in [0.717, 1.165) is 16.7 Å². The standard InChI is InChI=1S/C10H12N2O/c1-2-12(13)10-7-8-5-3-4-6-9(8)11-10/h3-7,11,13H,2H2,1H3. The number of nitrogens with one attached hydrogen (secondary N) is 1. The molecule has 3 nitrogen and oxygen atoms in total. The van der Waals surface area contributed by atoms with E-state index in [2.05, 4.69) is 4.98 Å². The van der Waals surface area contributed by atoms with E-state index in [4.69, 9.17) is 0 Å². The number of para-hydroxylation sites is 1. The Morgan fingerprint density at radius 2 is 2.15 bits per heavy atom. The van der Waals surface area contributed by atoms with E-state index in [1.165, 1.54) is 5.06 Å². The zero-order valence-electron chi connectivity index (χ0n) is 7.49. The van der Waals surface area contributed by atoms with Crippen LogP contribution in [0.2, 0.25) is 0 Å². The van der Waals surface area contributed by atoms with Crippen molar-refractivity contribution < 1.29 is 5.21 Å². The smallest absolute Gasteiger partial charge is 0.131 e. The Morgan fingerprint density at radius 3 is 2.85 bits per heavy atom. The molecule has 2 aromatic rings. The molecule has 0 saturated carbocycles. The highest BCUT2D eigenvalue weighted by Crippen LogP contribution is 2.19. The minimum atomic E-state index is 0.576. The van der Waals surface area contributed by atoms with Gasteiger partial charge in [0, 0.05) is 17.4 Å². The van der Waals surface area contributed by atoms with E-state index in [9.17, 15) is 5.21 Å². The van der Waals surface area contributed by atoms with Crippen LogP contribution in [0.4, 0.5) is 5.82 Å². The fourth-order valence-electron chi connectivity index (χ4n) is 1.37. The molecule has 0 aliphatic carbocycles. The van der Waals surface area contributed by atoms with Crippen molar-refractivity contribution in [1.29, 1.82) is 0 Å². The number of hydrogen-bond acceptors (Lipinski definition) is 2. The van der Waals surface area contributed by atoms with Crippen LogP contribution in [0, 0.1) is 0 Å². The lowest BCUT2D eigenvalue weighted by atomic mass is 10.2. The molecule has 3 heteroatoms. The summed E-state index contributed by atoms with van der Waals surface area (Å²) in [5.41, 5.74) is 1.05. The first kappa shape index (κ1) is 8.13.